The van der Waals surface area contributed by atoms with Crippen molar-refractivity contribution in [3.63, 3.8) is 0 Å². The molecule has 0 aliphatic carbocycles. The number of aromatic nitrogens is 3. The Labute approximate surface area is 220 Å². The maximum Gasteiger partial charge on any atom is 0.257 e. The van der Waals surface area contributed by atoms with Crippen molar-refractivity contribution in [2.45, 2.75) is 6.42 Å². The van der Waals surface area contributed by atoms with E-state index in [-0.39, 0.29) is 11.7 Å². The van der Waals surface area contributed by atoms with Gasteiger partial charge in [0, 0.05) is 32.0 Å². The molecule has 5 rings (SSSR count). The van der Waals surface area contributed by atoms with E-state index in [2.05, 4.69) is 5.32 Å². The molecule has 3 N–H and O–H groups in total. The number of carbonyl (C=O) groups is 1. The summed E-state index contributed by atoms with van der Waals surface area (Å²) in [5.74, 6) is 1.29. The predicted molar refractivity (Wildman–Crippen MR) is 151 cm³/mol. The summed E-state index contributed by atoms with van der Waals surface area (Å²) >= 11 is 0. The summed E-state index contributed by atoms with van der Waals surface area (Å²) in [7, 11) is 7.16. The van der Waals surface area contributed by atoms with Gasteiger partial charge in [0.05, 0.1) is 25.3 Å². The molecule has 0 saturated carbocycles. The van der Waals surface area contributed by atoms with Crippen LogP contribution in [0.15, 0.2) is 66.7 Å². The van der Waals surface area contributed by atoms with E-state index in [1.807, 2.05) is 85.7 Å². The number of nitrogens with one attached hydrogen (secondary N) is 1. The third-order valence-electron chi connectivity index (χ3n) is 6.50. The van der Waals surface area contributed by atoms with Gasteiger partial charge in [-0.25, -0.2) is 9.97 Å². The Kier molecular flexibility index (Phi) is 6.74. The molecule has 1 amide bonds. The lowest BCUT2D eigenvalue weighted by molar-refractivity contribution is 0.0956. The zero-order valence-electron chi connectivity index (χ0n) is 21.9. The van der Waals surface area contributed by atoms with Gasteiger partial charge in [0.2, 0.25) is 0 Å². The minimum atomic E-state index is -0.304. The number of nitrogens with two attached hydrogens (primary N) is 1. The van der Waals surface area contributed by atoms with Gasteiger partial charge in [-0.15, -0.1) is 0 Å². The fourth-order valence-corrected chi connectivity index (χ4v) is 4.49. The first kappa shape index (κ1) is 24.9. The number of benzene rings is 3. The highest BCUT2D eigenvalue weighted by Gasteiger charge is 2.24. The van der Waals surface area contributed by atoms with Crippen LogP contribution in [-0.2, 0) is 6.42 Å². The van der Waals surface area contributed by atoms with Crippen LogP contribution in [0.3, 0.4) is 0 Å². The molecule has 38 heavy (non-hydrogen) atoms. The van der Waals surface area contributed by atoms with Gasteiger partial charge in [-0.1, -0.05) is 18.2 Å². The smallest absolute Gasteiger partial charge is 0.257 e. The minimum absolute atomic E-state index is 0.288. The number of hydrogen-bond acceptors (Lipinski definition) is 7. The topological polar surface area (TPSA) is 108 Å². The van der Waals surface area contributed by atoms with Crippen LogP contribution in [-0.4, -0.2) is 55.3 Å². The van der Waals surface area contributed by atoms with Crippen LogP contribution in [0.2, 0.25) is 0 Å². The molecule has 9 nitrogen and oxygen atoms in total. The van der Waals surface area contributed by atoms with Gasteiger partial charge in [-0.3, -0.25) is 9.36 Å². The molecular weight excluding hydrogens is 480 g/mol. The molecule has 0 aliphatic heterocycles. The zero-order chi connectivity index (χ0) is 26.8. The van der Waals surface area contributed by atoms with E-state index < -0.39 is 0 Å². The Morgan fingerprint density at radius 2 is 1.63 bits per heavy atom. The second-order valence-corrected chi connectivity index (χ2v) is 9.09. The Balaban J connectivity index is 1.50. The first-order valence-electron chi connectivity index (χ1n) is 12.2. The normalized spacial score (nSPS) is 11.1. The third-order valence-corrected chi connectivity index (χ3v) is 6.50. The van der Waals surface area contributed by atoms with Gasteiger partial charge in [0.25, 0.3) is 5.91 Å². The number of anilines is 2. The summed E-state index contributed by atoms with van der Waals surface area (Å²) < 4.78 is 12.5. The molecule has 0 aliphatic rings. The first-order chi connectivity index (χ1) is 18.4. The van der Waals surface area contributed by atoms with E-state index in [9.17, 15) is 4.79 Å². The number of carbonyl (C=O) groups excluding carboxylic acids is 1. The summed E-state index contributed by atoms with van der Waals surface area (Å²) in [5.41, 5.74) is 12.2. The van der Waals surface area contributed by atoms with Crippen molar-refractivity contribution in [1.29, 1.82) is 0 Å². The van der Waals surface area contributed by atoms with Crippen molar-refractivity contribution in [1.82, 2.24) is 19.9 Å². The van der Waals surface area contributed by atoms with Crippen molar-refractivity contribution in [3.05, 3.63) is 77.9 Å². The fourth-order valence-electron chi connectivity index (χ4n) is 4.49. The van der Waals surface area contributed by atoms with E-state index in [1.54, 1.807) is 18.8 Å². The molecule has 5 aromatic rings. The average molecular weight is 511 g/mol. The molecule has 0 spiro atoms. The second kappa shape index (κ2) is 10.3. The van der Waals surface area contributed by atoms with Gasteiger partial charge in [-0.05, 0) is 60.5 Å². The molecule has 194 valence electrons. The Bertz CT molecular complexity index is 1630. The number of ether oxygens (including phenoxy) is 2. The number of amides is 1. The molecule has 2 aromatic heterocycles. The van der Waals surface area contributed by atoms with E-state index in [1.165, 1.54) is 0 Å². The Hall–Kier alpha value is -4.79. The van der Waals surface area contributed by atoms with E-state index in [0.717, 1.165) is 22.5 Å². The van der Waals surface area contributed by atoms with Crippen LogP contribution in [0.5, 0.6) is 11.5 Å². The number of nitrogen functional groups attached to an aromatic ring is 1. The van der Waals surface area contributed by atoms with Crippen molar-refractivity contribution < 1.29 is 14.3 Å². The minimum Gasteiger partial charge on any atom is -0.493 e. The number of rotatable bonds is 8. The van der Waals surface area contributed by atoms with E-state index in [0.29, 0.717) is 46.7 Å². The number of nitrogens with zero attached hydrogens (tertiary/aromatic N) is 4. The standard InChI is InChI=1S/C29H30N6O3/c1-34(2)19-10-12-20(13-11-19)35-27(30)25(26-28(35)33-22-8-6-5-7-21(22)32-26)29(36)31-16-15-18-9-14-23(37-3)24(17-18)38-4/h5-14,17H,15-16,30H2,1-4H3,(H,31,36). The summed E-state index contributed by atoms with van der Waals surface area (Å²) in [6.07, 6.45) is 0.602. The largest absolute Gasteiger partial charge is 0.493 e. The fraction of sp³-hybridized carbons (Fsp3) is 0.207. The van der Waals surface area contributed by atoms with Gasteiger partial charge in [0.15, 0.2) is 17.1 Å². The summed E-state index contributed by atoms with van der Waals surface area (Å²) in [6, 6.07) is 21.2. The molecule has 0 atom stereocenters. The van der Waals surface area contributed by atoms with Crippen molar-refractivity contribution in [2.75, 3.05) is 45.5 Å². The lowest BCUT2D eigenvalue weighted by atomic mass is 10.1. The summed E-state index contributed by atoms with van der Waals surface area (Å²) in [6.45, 7) is 0.402. The molecular formula is C29H30N6O3. The number of para-hydroxylation sites is 2. The second-order valence-electron chi connectivity index (χ2n) is 9.09. The maximum absolute atomic E-state index is 13.5. The number of fused-ring (bicyclic) bond motifs is 2. The Morgan fingerprint density at radius 1 is 0.947 bits per heavy atom. The monoisotopic (exact) mass is 510 g/mol. The summed E-state index contributed by atoms with van der Waals surface area (Å²) in [4.78, 5) is 25.2. The van der Waals surface area contributed by atoms with Crippen molar-refractivity contribution in [2.24, 2.45) is 0 Å². The van der Waals surface area contributed by atoms with Crippen LogP contribution in [0.25, 0.3) is 27.9 Å². The highest BCUT2D eigenvalue weighted by molar-refractivity contribution is 6.11. The molecule has 3 aromatic carbocycles. The highest BCUT2D eigenvalue weighted by atomic mass is 16.5. The maximum atomic E-state index is 13.5. The molecule has 0 bridgehead atoms. The quantitative estimate of drug-likeness (QED) is 0.322. The zero-order valence-corrected chi connectivity index (χ0v) is 21.9. The van der Waals surface area contributed by atoms with Gasteiger partial charge >= 0.3 is 0 Å². The molecule has 0 radical (unpaired) electrons. The molecule has 9 heteroatoms. The first-order valence-corrected chi connectivity index (χ1v) is 12.2. The highest BCUT2D eigenvalue weighted by Crippen LogP contribution is 2.32. The molecule has 0 fully saturated rings. The summed E-state index contributed by atoms with van der Waals surface area (Å²) in [5, 5.41) is 3.00. The number of hydrogen-bond donors (Lipinski definition) is 2. The molecule has 2 heterocycles. The SMILES string of the molecule is COc1ccc(CCNC(=O)c2c(N)n(-c3ccc(N(C)C)cc3)c3nc4ccccc4nc23)cc1OC. The average Bonchev–Trinajstić information content (AvgIpc) is 3.22. The van der Waals surface area contributed by atoms with Crippen LogP contribution in [0.1, 0.15) is 15.9 Å². The van der Waals surface area contributed by atoms with Gasteiger partial charge in [0.1, 0.15) is 16.9 Å². The van der Waals surface area contributed by atoms with Crippen LogP contribution in [0.4, 0.5) is 11.5 Å². The predicted octanol–water partition coefficient (Wildman–Crippen LogP) is 4.21. The Morgan fingerprint density at radius 3 is 2.29 bits per heavy atom. The van der Waals surface area contributed by atoms with Crippen molar-refractivity contribution in [3.8, 4) is 17.2 Å². The molecule has 0 unspecified atom stereocenters. The van der Waals surface area contributed by atoms with Crippen LogP contribution in [0, 0.1) is 0 Å². The van der Waals surface area contributed by atoms with Crippen LogP contribution >= 0.6 is 0 Å². The lowest BCUT2D eigenvalue weighted by Crippen LogP contribution is -2.26. The van der Waals surface area contributed by atoms with Crippen LogP contribution < -0.4 is 25.4 Å². The lowest BCUT2D eigenvalue weighted by Gasteiger charge is -2.14. The number of methoxy groups -OCH3 is 2. The molecule has 0 saturated heterocycles. The van der Waals surface area contributed by atoms with E-state index in [4.69, 9.17) is 25.2 Å². The van der Waals surface area contributed by atoms with Gasteiger partial charge < -0.3 is 25.4 Å². The van der Waals surface area contributed by atoms with E-state index >= 15 is 0 Å². The van der Waals surface area contributed by atoms with Gasteiger partial charge in [-0.2, -0.15) is 0 Å². The van der Waals surface area contributed by atoms with Crippen molar-refractivity contribution >= 4 is 39.6 Å². The third kappa shape index (κ3) is 4.54.